The van der Waals surface area contributed by atoms with Gasteiger partial charge in [-0.25, -0.2) is 0 Å². The van der Waals surface area contributed by atoms with E-state index in [1.165, 1.54) is 0 Å². The molecule has 0 heterocycles. The number of aliphatic hydroxyl groups excluding tert-OH is 1. The molecule has 1 amide bonds. The van der Waals surface area contributed by atoms with E-state index in [0.29, 0.717) is 13.0 Å². The van der Waals surface area contributed by atoms with Crippen molar-refractivity contribution in [3.05, 3.63) is 102 Å². The summed E-state index contributed by atoms with van der Waals surface area (Å²) in [5.41, 5.74) is 4.19. The van der Waals surface area contributed by atoms with Crippen LogP contribution < -0.4 is 5.32 Å². The largest absolute Gasteiger partial charge is 0.396 e. The minimum Gasteiger partial charge on any atom is -0.396 e. The molecule has 4 heteroatoms. The molecule has 2 N–H and O–H groups in total. The molecule has 0 spiro atoms. The predicted molar refractivity (Wildman–Crippen MR) is 118 cm³/mol. The third-order valence-corrected chi connectivity index (χ3v) is 4.88. The van der Waals surface area contributed by atoms with Gasteiger partial charge in [-0.05, 0) is 36.6 Å². The zero-order chi connectivity index (χ0) is 20.5. The molecule has 0 atom stereocenters. The average Bonchev–Trinajstić information content (AvgIpc) is 2.75. The Bertz CT molecular complexity index is 840. The maximum Gasteiger partial charge on any atom is 0.238 e. The topological polar surface area (TPSA) is 52.6 Å². The molecule has 0 aliphatic heterocycles. The Morgan fingerprint density at radius 2 is 1.45 bits per heavy atom. The van der Waals surface area contributed by atoms with Gasteiger partial charge in [0.1, 0.15) is 0 Å². The second-order valence-electron chi connectivity index (χ2n) is 7.19. The summed E-state index contributed by atoms with van der Waals surface area (Å²) in [6, 6.07) is 28.1. The average molecular weight is 389 g/mol. The smallest absolute Gasteiger partial charge is 0.238 e. The first-order valence-corrected chi connectivity index (χ1v) is 9.98. The maximum atomic E-state index is 12.8. The number of anilines is 1. The monoisotopic (exact) mass is 388 g/mol. The van der Waals surface area contributed by atoms with Crippen molar-refractivity contribution in [2.75, 3.05) is 25.0 Å². The van der Waals surface area contributed by atoms with Gasteiger partial charge >= 0.3 is 0 Å². The van der Waals surface area contributed by atoms with Crippen LogP contribution in [0.4, 0.5) is 5.69 Å². The molecule has 3 aromatic rings. The predicted octanol–water partition coefficient (Wildman–Crippen LogP) is 4.41. The highest BCUT2D eigenvalue weighted by molar-refractivity contribution is 5.92. The van der Waals surface area contributed by atoms with E-state index < -0.39 is 0 Å². The van der Waals surface area contributed by atoms with Crippen LogP contribution >= 0.6 is 0 Å². The third-order valence-electron chi connectivity index (χ3n) is 4.88. The van der Waals surface area contributed by atoms with E-state index in [0.717, 1.165) is 22.4 Å². The molecular formula is C25H28N2O2. The molecule has 0 bridgehead atoms. The fraction of sp³-hybridized carbons (Fsp3) is 0.240. The Labute approximate surface area is 172 Å². The van der Waals surface area contributed by atoms with Crippen molar-refractivity contribution in [1.29, 1.82) is 0 Å². The molecule has 0 aliphatic rings. The number of rotatable bonds is 9. The lowest BCUT2D eigenvalue weighted by Crippen LogP contribution is -2.37. The fourth-order valence-electron chi connectivity index (χ4n) is 3.48. The lowest BCUT2D eigenvalue weighted by atomic mass is 9.96. The maximum absolute atomic E-state index is 12.8. The molecule has 0 saturated carbocycles. The molecule has 0 saturated heterocycles. The Hall–Kier alpha value is -2.95. The minimum atomic E-state index is -0.0661. The van der Waals surface area contributed by atoms with Crippen LogP contribution in [-0.4, -0.2) is 35.6 Å². The standard InChI is InChI=1S/C25H28N2O2/c1-20-13-15-23(16-14-20)26-24(29)19-27(17-8-18-28)25(21-9-4-2-5-10-21)22-11-6-3-7-12-22/h2-7,9-16,25,28H,8,17-19H2,1H3,(H,26,29). The normalized spacial score (nSPS) is 11.0. The summed E-state index contributed by atoms with van der Waals surface area (Å²) in [6.07, 6.45) is 0.605. The van der Waals surface area contributed by atoms with Gasteiger partial charge in [0, 0.05) is 18.8 Å². The van der Waals surface area contributed by atoms with Crippen LogP contribution in [0.3, 0.4) is 0 Å². The molecule has 29 heavy (non-hydrogen) atoms. The van der Waals surface area contributed by atoms with Crippen LogP contribution in [0.15, 0.2) is 84.9 Å². The van der Waals surface area contributed by atoms with Gasteiger partial charge in [0.15, 0.2) is 0 Å². The van der Waals surface area contributed by atoms with E-state index in [9.17, 15) is 9.90 Å². The van der Waals surface area contributed by atoms with Gasteiger partial charge in [0.05, 0.1) is 12.6 Å². The number of nitrogens with one attached hydrogen (secondary N) is 1. The summed E-state index contributed by atoms with van der Waals surface area (Å²) in [5.74, 6) is -0.0661. The highest BCUT2D eigenvalue weighted by Crippen LogP contribution is 2.28. The molecule has 0 unspecified atom stereocenters. The van der Waals surface area contributed by atoms with Gasteiger partial charge in [-0.1, -0.05) is 78.4 Å². The number of benzene rings is 3. The number of aliphatic hydroxyl groups is 1. The van der Waals surface area contributed by atoms with E-state index in [4.69, 9.17) is 0 Å². The number of carbonyl (C=O) groups excluding carboxylic acids is 1. The molecule has 0 aliphatic carbocycles. The molecule has 3 rings (SSSR count). The zero-order valence-corrected chi connectivity index (χ0v) is 16.8. The summed E-state index contributed by atoms with van der Waals surface area (Å²) in [6.45, 7) is 2.97. The Morgan fingerprint density at radius 1 is 0.897 bits per heavy atom. The molecule has 0 radical (unpaired) electrons. The lowest BCUT2D eigenvalue weighted by molar-refractivity contribution is -0.117. The highest BCUT2D eigenvalue weighted by atomic mass is 16.3. The number of aryl methyl sites for hydroxylation is 1. The number of amides is 1. The Kier molecular flexibility index (Phi) is 7.56. The van der Waals surface area contributed by atoms with Crippen molar-refractivity contribution < 1.29 is 9.90 Å². The second kappa shape index (κ2) is 10.6. The van der Waals surface area contributed by atoms with Crippen molar-refractivity contribution in [3.63, 3.8) is 0 Å². The van der Waals surface area contributed by atoms with Crippen molar-refractivity contribution in [2.24, 2.45) is 0 Å². The van der Waals surface area contributed by atoms with Crippen molar-refractivity contribution in [3.8, 4) is 0 Å². The third kappa shape index (κ3) is 6.01. The first kappa shape index (κ1) is 20.8. The van der Waals surface area contributed by atoms with Crippen LogP contribution in [0.5, 0.6) is 0 Å². The molecule has 3 aromatic carbocycles. The van der Waals surface area contributed by atoms with E-state index in [-0.39, 0.29) is 25.1 Å². The van der Waals surface area contributed by atoms with E-state index in [1.807, 2.05) is 67.6 Å². The zero-order valence-electron chi connectivity index (χ0n) is 16.8. The van der Waals surface area contributed by atoms with E-state index in [1.54, 1.807) is 0 Å². The van der Waals surface area contributed by atoms with Crippen LogP contribution in [-0.2, 0) is 4.79 Å². The van der Waals surface area contributed by atoms with Gasteiger partial charge in [0.2, 0.25) is 5.91 Å². The van der Waals surface area contributed by atoms with Crippen molar-refractivity contribution in [1.82, 2.24) is 4.90 Å². The van der Waals surface area contributed by atoms with Crippen molar-refractivity contribution >= 4 is 11.6 Å². The van der Waals surface area contributed by atoms with Gasteiger partial charge in [0.25, 0.3) is 0 Å². The van der Waals surface area contributed by atoms with Gasteiger partial charge in [-0.15, -0.1) is 0 Å². The second-order valence-corrected chi connectivity index (χ2v) is 7.19. The van der Waals surface area contributed by atoms with E-state index >= 15 is 0 Å². The van der Waals surface area contributed by atoms with Crippen LogP contribution in [0.2, 0.25) is 0 Å². The molecular weight excluding hydrogens is 360 g/mol. The van der Waals surface area contributed by atoms with Crippen LogP contribution in [0.25, 0.3) is 0 Å². The highest BCUT2D eigenvalue weighted by Gasteiger charge is 2.24. The molecule has 4 nitrogen and oxygen atoms in total. The summed E-state index contributed by atoms with van der Waals surface area (Å²) in [5, 5.41) is 12.4. The number of carbonyl (C=O) groups is 1. The SMILES string of the molecule is Cc1ccc(NC(=O)CN(CCCO)C(c2ccccc2)c2ccccc2)cc1. The van der Waals surface area contributed by atoms with E-state index in [2.05, 4.69) is 34.5 Å². The molecule has 0 aromatic heterocycles. The molecule has 150 valence electrons. The lowest BCUT2D eigenvalue weighted by Gasteiger charge is -2.32. The first-order chi connectivity index (χ1) is 14.2. The summed E-state index contributed by atoms with van der Waals surface area (Å²) in [7, 11) is 0. The van der Waals surface area contributed by atoms with Gasteiger partial charge in [-0.2, -0.15) is 0 Å². The molecule has 0 fully saturated rings. The van der Waals surface area contributed by atoms with Gasteiger partial charge < -0.3 is 10.4 Å². The quantitative estimate of drug-likeness (QED) is 0.571. The van der Waals surface area contributed by atoms with Crippen LogP contribution in [0.1, 0.15) is 29.2 Å². The number of hydrogen-bond donors (Lipinski definition) is 2. The summed E-state index contributed by atoms with van der Waals surface area (Å²) < 4.78 is 0. The number of hydrogen-bond acceptors (Lipinski definition) is 3. The summed E-state index contributed by atoms with van der Waals surface area (Å²) in [4.78, 5) is 15.0. The van der Waals surface area contributed by atoms with Crippen LogP contribution in [0, 0.1) is 6.92 Å². The Morgan fingerprint density at radius 3 is 1.97 bits per heavy atom. The van der Waals surface area contributed by atoms with Crippen molar-refractivity contribution in [2.45, 2.75) is 19.4 Å². The summed E-state index contributed by atoms with van der Waals surface area (Å²) >= 11 is 0. The minimum absolute atomic E-state index is 0.0623. The first-order valence-electron chi connectivity index (χ1n) is 9.98. The van der Waals surface area contributed by atoms with Gasteiger partial charge in [-0.3, -0.25) is 9.69 Å². The number of nitrogens with zero attached hydrogens (tertiary/aromatic N) is 1. The fourth-order valence-corrected chi connectivity index (χ4v) is 3.48. The Balaban J connectivity index is 1.85.